The Bertz CT molecular complexity index is 437. The van der Waals surface area contributed by atoms with Gasteiger partial charge in [-0.1, -0.05) is 31.2 Å². The largest absolute Gasteiger partial charge is 0.388 e. The molecule has 0 saturated carbocycles. The molecule has 2 rings (SSSR count). The van der Waals surface area contributed by atoms with Crippen LogP contribution in [0.4, 0.5) is 0 Å². The number of hydrogen-bond donors (Lipinski definition) is 1. The van der Waals surface area contributed by atoms with Crippen molar-refractivity contribution in [3.05, 3.63) is 35.4 Å². The summed E-state index contributed by atoms with van der Waals surface area (Å²) in [6.07, 6.45) is -0.344. The molecule has 2 atom stereocenters. The normalized spacial score (nSPS) is 24.0. The number of aliphatic hydroxyl groups excluding tert-OH is 1. The van der Waals surface area contributed by atoms with Crippen LogP contribution in [0.3, 0.4) is 0 Å². The Hall–Kier alpha value is -1.48. The predicted molar refractivity (Wildman–Crippen MR) is 59.1 cm³/mol. The Kier molecular flexibility index (Phi) is 2.88. The molecule has 16 heavy (non-hydrogen) atoms. The summed E-state index contributed by atoms with van der Waals surface area (Å²) in [6.45, 7) is 1.75. The van der Waals surface area contributed by atoms with Gasteiger partial charge in [0, 0.05) is 18.4 Å². The third-order valence-electron chi connectivity index (χ3n) is 3.13. The van der Waals surface area contributed by atoms with E-state index >= 15 is 0 Å². The highest BCUT2D eigenvalue weighted by Gasteiger charge is 2.35. The van der Waals surface area contributed by atoms with Crippen molar-refractivity contribution in [1.82, 2.24) is 0 Å². The summed E-state index contributed by atoms with van der Waals surface area (Å²) in [5.41, 5.74) is 1.14. The number of carbonyl (C=O) groups excluding carboxylic acids is 2. The van der Waals surface area contributed by atoms with Crippen molar-refractivity contribution in [2.75, 3.05) is 0 Å². The fourth-order valence-electron chi connectivity index (χ4n) is 2.20. The van der Waals surface area contributed by atoms with Crippen molar-refractivity contribution >= 4 is 11.6 Å². The third-order valence-corrected chi connectivity index (χ3v) is 3.13. The lowest BCUT2D eigenvalue weighted by molar-refractivity contribution is -0.126. The van der Waals surface area contributed by atoms with Crippen LogP contribution in [0.5, 0.6) is 0 Å². The fraction of sp³-hybridized carbons (Fsp3) is 0.385. The molecule has 3 nitrogen and oxygen atoms in total. The summed E-state index contributed by atoms with van der Waals surface area (Å²) in [7, 11) is 0. The molecule has 3 heteroatoms. The Morgan fingerprint density at radius 2 is 2.12 bits per heavy atom. The number of benzene rings is 1. The molecule has 1 aliphatic carbocycles. The van der Waals surface area contributed by atoms with Gasteiger partial charge in [-0.25, -0.2) is 0 Å². The van der Waals surface area contributed by atoms with E-state index in [-0.39, 0.29) is 18.0 Å². The molecule has 0 fully saturated rings. The van der Waals surface area contributed by atoms with Crippen LogP contribution in [-0.2, 0) is 4.79 Å². The average Bonchev–Trinajstić information content (AvgIpc) is 2.33. The van der Waals surface area contributed by atoms with Crippen LogP contribution in [-0.4, -0.2) is 16.7 Å². The van der Waals surface area contributed by atoms with Gasteiger partial charge in [0.1, 0.15) is 5.78 Å². The first-order valence-electron chi connectivity index (χ1n) is 5.48. The summed E-state index contributed by atoms with van der Waals surface area (Å²) < 4.78 is 0. The molecule has 0 bridgehead atoms. The second-order valence-corrected chi connectivity index (χ2v) is 4.09. The Labute approximate surface area is 94.1 Å². The molecule has 1 aliphatic rings. The summed E-state index contributed by atoms with van der Waals surface area (Å²) in [5, 5.41) is 10.1. The lowest BCUT2D eigenvalue weighted by Crippen LogP contribution is -2.30. The van der Waals surface area contributed by atoms with Crippen molar-refractivity contribution in [2.45, 2.75) is 25.9 Å². The Balaban J connectivity index is 2.42. The lowest BCUT2D eigenvalue weighted by atomic mass is 9.78. The van der Waals surface area contributed by atoms with Gasteiger partial charge in [-0.05, 0) is 5.56 Å². The first-order valence-corrected chi connectivity index (χ1v) is 5.48. The lowest BCUT2D eigenvalue weighted by Gasteiger charge is -2.27. The van der Waals surface area contributed by atoms with Crippen molar-refractivity contribution < 1.29 is 14.7 Å². The van der Waals surface area contributed by atoms with Gasteiger partial charge >= 0.3 is 0 Å². The minimum atomic E-state index is -0.832. The zero-order valence-corrected chi connectivity index (χ0v) is 9.14. The first kappa shape index (κ1) is 11.0. The van der Waals surface area contributed by atoms with E-state index in [1.54, 1.807) is 31.2 Å². The van der Waals surface area contributed by atoms with E-state index in [2.05, 4.69) is 0 Å². The van der Waals surface area contributed by atoms with Gasteiger partial charge in [0.2, 0.25) is 0 Å². The Morgan fingerprint density at radius 3 is 2.81 bits per heavy atom. The van der Waals surface area contributed by atoms with Crippen molar-refractivity contribution in [3.63, 3.8) is 0 Å². The van der Waals surface area contributed by atoms with E-state index in [0.29, 0.717) is 17.5 Å². The van der Waals surface area contributed by atoms with Gasteiger partial charge in [0.25, 0.3) is 0 Å². The van der Waals surface area contributed by atoms with Crippen LogP contribution < -0.4 is 0 Å². The smallest absolute Gasteiger partial charge is 0.164 e. The summed E-state index contributed by atoms with van der Waals surface area (Å²) >= 11 is 0. The second kappa shape index (κ2) is 4.18. The molecule has 1 N–H and O–H groups in total. The second-order valence-electron chi connectivity index (χ2n) is 4.09. The number of fused-ring (bicyclic) bond motifs is 1. The zero-order chi connectivity index (χ0) is 11.7. The SMILES string of the molecule is CCC(=O)[C@H]1CC(=O)c2ccccc2[C@@H]1O. The quantitative estimate of drug-likeness (QED) is 0.824. The summed E-state index contributed by atoms with van der Waals surface area (Å²) in [6, 6.07) is 6.96. The standard InChI is InChI=1S/C13H14O3/c1-2-11(14)10-7-12(15)8-5-3-4-6-9(8)13(10)16/h3-6,10,13,16H,2,7H2,1H3/t10-,13+/m1/s1. The van der Waals surface area contributed by atoms with Crippen LogP contribution in [0.25, 0.3) is 0 Å². The average molecular weight is 218 g/mol. The van der Waals surface area contributed by atoms with Gasteiger partial charge in [-0.15, -0.1) is 0 Å². The number of aliphatic hydroxyl groups is 1. The minimum Gasteiger partial charge on any atom is -0.388 e. The van der Waals surface area contributed by atoms with Crippen LogP contribution in [0.15, 0.2) is 24.3 Å². The predicted octanol–water partition coefficient (Wildman–Crippen LogP) is 1.90. The molecular weight excluding hydrogens is 204 g/mol. The van der Waals surface area contributed by atoms with E-state index in [4.69, 9.17) is 0 Å². The zero-order valence-electron chi connectivity index (χ0n) is 9.14. The van der Waals surface area contributed by atoms with Gasteiger partial charge in [-0.3, -0.25) is 9.59 Å². The summed E-state index contributed by atoms with van der Waals surface area (Å²) in [5.74, 6) is -0.657. The van der Waals surface area contributed by atoms with Gasteiger partial charge in [0.15, 0.2) is 5.78 Å². The van der Waals surface area contributed by atoms with Crippen LogP contribution in [0.2, 0.25) is 0 Å². The molecule has 0 spiro atoms. The molecule has 0 aliphatic heterocycles. The van der Waals surface area contributed by atoms with Gasteiger partial charge in [0.05, 0.1) is 12.0 Å². The highest BCUT2D eigenvalue weighted by atomic mass is 16.3. The monoisotopic (exact) mass is 218 g/mol. The molecule has 0 unspecified atom stereocenters. The van der Waals surface area contributed by atoms with E-state index in [9.17, 15) is 14.7 Å². The number of ketones is 2. The van der Waals surface area contributed by atoms with E-state index < -0.39 is 12.0 Å². The van der Waals surface area contributed by atoms with Crippen LogP contribution in [0.1, 0.15) is 41.8 Å². The van der Waals surface area contributed by atoms with Crippen molar-refractivity contribution in [2.24, 2.45) is 5.92 Å². The van der Waals surface area contributed by atoms with Gasteiger partial charge < -0.3 is 5.11 Å². The van der Waals surface area contributed by atoms with E-state index in [1.807, 2.05) is 0 Å². The molecular formula is C13H14O3. The molecule has 0 saturated heterocycles. The molecule has 0 radical (unpaired) electrons. The molecule has 0 amide bonds. The summed E-state index contributed by atoms with van der Waals surface area (Å²) in [4.78, 5) is 23.4. The maximum atomic E-state index is 11.8. The highest BCUT2D eigenvalue weighted by molar-refractivity contribution is 6.02. The third kappa shape index (κ3) is 1.67. The highest BCUT2D eigenvalue weighted by Crippen LogP contribution is 2.35. The maximum absolute atomic E-state index is 11.8. The minimum absolute atomic E-state index is 0.0460. The van der Waals surface area contributed by atoms with E-state index in [1.165, 1.54) is 0 Å². The fourth-order valence-corrected chi connectivity index (χ4v) is 2.20. The molecule has 0 aromatic heterocycles. The molecule has 84 valence electrons. The molecule has 1 aromatic rings. The molecule has 0 heterocycles. The Morgan fingerprint density at radius 1 is 1.44 bits per heavy atom. The van der Waals surface area contributed by atoms with Crippen LogP contribution >= 0.6 is 0 Å². The number of carbonyl (C=O) groups is 2. The number of Topliss-reactive ketones (excluding diaryl/α,β-unsaturated/α-hetero) is 2. The van der Waals surface area contributed by atoms with Gasteiger partial charge in [-0.2, -0.15) is 0 Å². The number of rotatable bonds is 2. The topological polar surface area (TPSA) is 54.4 Å². The molecule has 1 aromatic carbocycles. The first-order chi connectivity index (χ1) is 7.65. The van der Waals surface area contributed by atoms with Crippen molar-refractivity contribution in [1.29, 1.82) is 0 Å². The van der Waals surface area contributed by atoms with E-state index in [0.717, 1.165) is 0 Å². The number of hydrogen-bond acceptors (Lipinski definition) is 3. The van der Waals surface area contributed by atoms with Crippen molar-refractivity contribution in [3.8, 4) is 0 Å². The van der Waals surface area contributed by atoms with Crippen LogP contribution in [0, 0.1) is 5.92 Å². The maximum Gasteiger partial charge on any atom is 0.164 e.